The number of H-pyrrole nitrogens is 1. The summed E-state index contributed by atoms with van der Waals surface area (Å²) < 4.78 is 5.98. The first-order chi connectivity index (χ1) is 12.7. The molecule has 140 valence electrons. The Morgan fingerprint density at radius 2 is 2.19 bits per heavy atom. The summed E-state index contributed by atoms with van der Waals surface area (Å²) in [6.07, 6.45) is 7.70. The van der Waals surface area contributed by atoms with Gasteiger partial charge in [-0.2, -0.15) is 0 Å². The minimum atomic E-state index is -0.323. The van der Waals surface area contributed by atoms with Crippen LogP contribution < -0.4 is 10.6 Å². The molecule has 2 heterocycles. The lowest BCUT2D eigenvalue weighted by atomic mass is 9.94. The number of benzene rings is 1. The molecule has 2 amide bonds. The summed E-state index contributed by atoms with van der Waals surface area (Å²) in [5.41, 5.74) is 1.99. The number of amides is 2. The number of fused-ring (bicyclic) bond motifs is 1. The summed E-state index contributed by atoms with van der Waals surface area (Å²) >= 11 is 0. The number of carbonyl (C=O) groups is 1. The fraction of sp³-hybridized carbons (Fsp3) is 0.550. The monoisotopic (exact) mass is 357 g/mol. The van der Waals surface area contributed by atoms with Gasteiger partial charge in [0.1, 0.15) is 0 Å². The SMILES string of the molecule is O=C(NC(CO)Cc1c[nH]c2ccccc12)N[C@@H]1CCC[C@]12CCCO2. The maximum absolute atomic E-state index is 12.5. The molecule has 1 saturated heterocycles. The Hall–Kier alpha value is -2.05. The third kappa shape index (κ3) is 3.31. The number of aromatic nitrogens is 1. The minimum Gasteiger partial charge on any atom is -0.394 e. The van der Waals surface area contributed by atoms with E-state index >= 15 is 0 Å². The average Bonchev–Trinajstić information content (AvgIpc) is 3.37. The molecule has 4 rings (SSSR count). The average molecular weight is 357 g/mol. The Kier molecular flexibility index (Phi) is 4.87. The number of hydrogen-bond donors (Lipinski definition) is 4. The highest BCUT2D eigenvalue weighted by Gasteiger charge is 2.46. The summed E-state index contributed by atoms with van der Waals surface area (Å²) in [6.45, 7) is 0.693. The quantitative estimate of drug-likeness (QED) is 0.663. The van der Waals surface area contributed by atoms with Crippen molar-refractivity contribution >= 4 is 16.9 Å². The van der Waals surface area contributed by atoms with Gasteiger partial charge in [0.15, 0.2) is 0 Å². The van der Waals surface area contributed by atoms with Gasteiger partial charge in [-0.05, 0) is 50.2 Å². The molecule has 2 aromatic rings. The van der Waals surface area contributed by atoms with Crippen molar-refractivity contribution in [2.24, 2.45) is 0 Å². The summed E-state index contributed by atoms with van der Waals surface area (Å²) in [4.78, 5) is 15.7. The lowest BCUT2D eigenvalue weighted by Crippen LogP contribution is -2.54. The first-order valence-corrected chi connectivity index (χ1v) is 9.57. The number of ether oxygens (including phenoxy) is 1. The first-order valence-electron chi connectivity index (χ1n) is 9.57. The molecule has 26 heavy (non-hydrogen) atoms. The largest absolute Gasteiger partial charge is 0.394 e. The minimum absolute atomic E-state index is 0.0671. The number of rotatable bonds is 5. The maximum atomic E-state index is 12.5. The lowest BCUT2D eigenvalue weighted by molar-refractivity contribution is -0.00845. The van der Waals surface area contributed by atoms with Gasteiger partial charge in [-0.25, -0.2) is 4.79 Å². The molecule has 0 bridgehead atoms. The molecule has 3 atom stereocenters. The lowest BCUT2D eigenvalue weighted by Gasteiger charge is -2.31. The molecule has 6 heteroatoms. The van der Waals surface area contributed by atoms with E-state index in [0.717, 1.165) is 55.2 Å². The van der Waals surface area contributed by atoms with Crippen LogP contribution in [0, 0.1) is 0 Å². The van der Waals surface area contributed by atoms with Crippen LogP contribution in [0.4, 0.5) is 4.79 Å². The Morgan fingerprint density at radius 1 is 1.35 bits per heavy atom. The highest BCUT2D eigenvalue weighted by Crippen LogP contribution is 2.41. The van der Waals surface area contributed by atoms with Gasteiger partial charge in [-0.3, -0.25) is 0 Å². The van der Waals surface area contributed by atoms with Crippen LogP contribution >= 0.6 is 0 Å². The standard InChI is InChI=1S/C20H27N3O3/c24-13-15(11-14-12-21-17-6-2-1-5-16(14)17)22-19(25)23-18-7-3-8-20(18)9-4-10-26-20/h1-2,5-6,12,15,18,21,24H,3-4,7-11,13H2,(H2,22,23,25)/t15?,18-,20+/m1/s1. The number of para-hydroxylation sites is 1. The summed E-state index contributed by atoms with van der Waals surface area (Å²) in [5, 5.41) is 16.9. The van der Waals surface area contributed by atoms with Crippen molar-refractivity contribution in [2.75, 3.05) is 13.2 Å². The fourth-order valence-electron chi connectivity index (χ4n) is 4.55. The molecule has 1 saturated carbocycles. The predicted octanol–water partition coefficient (Wildman–Crippen LogP) is 2.47. The zero-order chi connectivity index (χ0) is 18.0. The van der Waals surface area contributed by atoms with E-state index in [4.69, 9.17) is 4.74 Å². The number of aliphatic hydroxyl groups excluding tert-OH is 1. The van der Waals surface area contributed by atoms with E-state index in [9.17, 15) is 9.90 Å². The van der Waals surface area contributed by atoms with E-state index in [1.165, 1.54) is 0 Å². The Morgan fingerprint density at radius 3 is 3.00 bits per heavy atom. The maximum Gasteiger partial charge on any atom is 0.315 e. The third-order valence-electron chi connectivity index (χ3n) is 5.86. The fourth-order valence-corrected chi connectivity index (χ4v) is 4.55. The summed E-state index contributed by atoms with van der Waals surface area (Å²) in [7, 11) is 0. The number of urea groups is 1. The van der Waals surface area contributed by atoms with Gasteiger partial charge in [-0.15, -0.1) is 0 Å². The molecule has 1 aromatic carbocycles. The van der Waals surface area contributed by atoms with Crippen molar-refractivity contribution in [3.8, 4) is 0 Å². The highest BCUT2D eigenvalue weighted by atomic mass is 16.5. The molecule has 1 spiro atoms. The zero-order valence-electron chi connectivity index (χ0n) is 15.0. The molecule has 1 aliphatic heterocycles. The number of nitrogens with one attached hydrogen (secondary N) is 3. The first kappa shape index (κ1) is 17.4. The van der Waals surface area contributed by atoms with Crippen LogP contribution in [-0.4, -0.2) is 47.0 Å². The number of hydrogen-bond acceptors (Lipinski definition) is 3. The number of aliphatic hydroxyl groups is 1. The Labute approximate surface area is 153 Å². The van der Waals surface area contributed by atoms with Crippen molar-refractivity contribution in [1.29, 1.82) is 0 Å². The van der Waals surface area contributed by atoms with E-state index in [0.29, 0.717) is 6.42 Å². The van der Waals surface area contributed by atoms with Crippen molar-refractivity contribution in [3.63, 3.8) is 0 Å². The Bertz CT molecular complexity index is 761. The molecular formula is C20H27N3O3. The van der Waals surface area contributed by atoms with Crippen molar-refractivity contribution in [2.45, 2.75) is 56.2 Å². The van der Waals surface area contributed by atoms with E-state index in [2.05, 4.69) is 21.7 Å². The highest BCUT2D eigenvalue weighted by molar-refractivity contribution is 5.83. The van der Waals surface area contributed by atoms with Gasteiger partial charge >= 0.3 is 6.03 Å². The van der Waals surface area contributed by atoms with Gasteiger partial charge < -0.3 is 25.5 Å². The van der Waals surface area contributed by atoms with Crippen LogP contribution in [0.2, 0.25) is 0 Å². The smallest absolute Gasteiger partial charge is 0.315 e. The summed E-state index contributed by atoms with van der Waals surface area (Å²) in [6, 6.07) is 7.58. The van der Waals surface area contributed by atoms with Crippen molar-refractivity contribution in [1.82, 2.24) is 15.6 Å². The predicted molar refractivity (Wildman–Crippen MR) is 100 cm³/mol. The van der Waals surface area contributed by atoms with Crippen LogP contribution in [0.3, 0.4) is 0 Å². The van der Waals surface area contributed by atoms with E-state index < -0.39 is 0 Å². The molecule has 0 radical (unpaired) electrons. The second kappa shape index (κ2) is 7.29. The topological polar surface area (TPSA) is 86.4 Å². The van der Waals surface area contributed by atoms with Gasteiger partial charge in [0.05, 0.1) is 24.3 Å². The van der Waals surface area contributed by atoms with Gasteiger partial charge in [0.25, 0.3) is 0 Å². The molecule has 1 unspecified atom stereocenters. The molecule has 4 N–H and O–H groups in total. The molecular weight excluding hydrogens is 330 g/mol. The van der Waals surface area contributed by atoms with Crippen molar-refractivity contribution in [3.05, 3.63) is 36.0 Å². The summed E-state index contributed by atoms with van der Waals surface area (Å²) in [5.74, 6) is 0. The third-order valence-corrected chi connectivity index (χ3v) is 5.86. The molecule has 1 aromatic heterocycles. The van der Waals surface area contributed by atoms with E-state index in [1.54, 1.807) is 0 Å². The Balaban J connectivity index is 1.38. The van der Waals surface area contributed by atoms with Crippen LogP contribution in [0.1, 0.15) is 37.7 Å². The second-order valence-corrected chi connectivity index (χ2v) is 7.52. The van der Waals surface area contributed by atoms with E-state index in [1.807, 2.05) is 24.4 Å². The van der Waals surface area contributed by atoms with Crippen LogP contribution in [0.15, 0.2) is 30.5 Å². The molecule has 2 aliphatic rings. The number of carbonyl (C=O) groups excluding carboxylic acids is 1. The second-order valence-electron chi connectivity index (χ2n) is 7.52. The van der Waals surface area contributed by atoms with Crippen LogP contribution in [-0.2, 0) is 11.2 Å². The van der Waals surface area contributed by atoms with Gasteiger partial charge in [-0.1, -0.05) is 18.2 Å². The van der Waals surface area contributed by atoms with Gasteiger partial charge in [0, 0.05) is 23.7 Å². The van der Waals surface area contributed by atoms with Crippen molar-refractivity contribution < 1.29 is 14.6 Å². The molecule has 2 fully saturated rings. The van der Waals surface area contributed by atoms with Crippen LogP contribution in [0.25, 0.3) is 10.9 Å². The molecule has 1 aliphatic carbocycles. The molecule has 6 nitrogen and oxygen atoms in total. The number of aromatic amines is 1. The van der Waals surface area contributed by atoms with E-state index in [-0.39, 0.29) is 30.3 Å². The van der Waals surface area contributed by atoms with Gasteiger partial charge in [0.2, 0.25) is 0 Å². The normalized spacial score (nSPS) is 26.4. The van der Waals surface area contributed by atoms with Crippen LogP contribution in [0.5, 0.6) is 0 Å². The zero-order valence-corrected chi connectivity index (χ0v) is 15.0.